The van der Waals surface area contributed by atoms with Crippen molar-refractivity contribution in [3.05, 3.63) is 53.1 Å². The van der Waals surface area contributed by atoms with E-state index in [-0.39, 0.29) is 5.75 Å². The maximum absolute atomic E-state index is 9.26. The number of hydrogen-bond donors (Lipinski definition) is 2. The molecular weight excluding hydrogens is 234 g/mol. The fraction of sp³-hybridized carbons (Fsp3) is 0.143. The second-order valence-corrected chi connectivity index (χ2v) is 4.31. The molecule has 17 heavy (non-hydrogen) atoms. The molecule has 0 aromatic heterocycles. The average molecular weight is 248 g/mol. The summed E-state index contributed by atoms with van der Waals surface area (Å²) in [4.78, 5) is 0. The Morgan fingerprint density at radius 3 is 2.41 bits per heavy atom. The van der Waals surface area contributed by atoms with Crippen LogP contribution in [0.2, 0.25) is 5.02 Å². The average Bonchev–Trinajstić information content (AvgIpc) is 2.33. The second-order valence-electron chi connectivity index (χ2n) is 3.90. The standard InChI is InChI=1S/C14H14ClNO/c15-14-6-1-10(7-8-16)9-13(14)11-2-4-12(17)5-3-11/h1-6,9,17H,7-8,16H2. The number of phenols is 1. The molecule has 0 radical (unpaired) electrons. The molecule has 0 atom stereocenters. The zero-order valence-corrected chi connectivity index (χ0v) is 10.1. The summed E-state index contributed by atoms with van der Waals surface area (Å²) in [6.07, 6.45) is 0.836. The predicted molar refractivity (Wildman–Crippen MR) is 71.3 cm³/mol. The van der Waals surface area contributed by atoms with E-state index in [2.05, 4.69) is 0 Å². The van der Waals surface area contributed by atoms with Crippen LogP contribution in [0, 0.1) is 0 Å². The predicted octanol–water partition coefficient (Wildman–Crippen LogP) is 3.21. The van der Waals surface area contributed by atoms with Gasteiger partial charge in [0.15, 0.2) is 0 Å². The van der Waals surface area contributed by atoms with E-state index in [4.69, 9.17) is 17.3 Å². The number of benzene rings is 2. The van der Waals surface area contributed by atoms with Crippen LogP contribution in [0.3, 0.4) is 0 Å². The van der Waals surface area contributed by atoms with Crippen LogP contribution in [-0.4, -0.2) is 11.7 Å². The largest absolute Gasteiger partial charge is 0.508 e. The van der Waals surface area contributed by atoms with Crippen molar-refractivity contribution in [1.29, 1.82) is 0 Å². The summed E-state index contributed by atoms with van der Waals surface area (Å²) in [5.41, 5.74) is 8.67. The lowest BCUT2D eigenvalue weighted by atomic mass is 10.0. The van der Waals surface area contributed by atoms with Gasteiger partial charge in [0.05, 0.1) is 0 Å². The second kappa shape index (κ2) is 5.21. The monoisotopic (exact) mass is 247 g/mol. The summed E-state index contributed by atoms with van der Waals surface area (Å²) in [5.74, 6) is 0.253. The van der Waals surface area contributed by atoms with E-state index < -0.39 is 0 Å². The van der Waals surface area contributed by atoms with Crippen molar-refractivity contribution < 1.29 is 5.11 Å². The molecule has 2 aromatic rings. The van der Waals surface area contributed by atoms with E-state index >= 15 is 0 Å². The van der Waals surface area contributed by atoms with Gasteiger partial charge in [-0.2, -0.15) is 0 Å². The van der Waals surface area contributed by atoms with Crippen LogP contribution in [0.25, 0.3) is 11.1 Å². The van der Waals surface area contributed by atoms with E-state index in [9.17, 15) is 5.11 Å². The number of nitrogens with two attached hydrogens (primary N) is 1. The summed E-state index contributed by atoms with van der Waals surface area (Å²) in [7, 11) is 0. The molecule has 2 rings (SSSR count). The normalized spacial score (nSPS) is 10.5. The Morgan fingerprint density at radius 1 is 1.06 bits per heavy atom. The topological polar surface area (TPSA) is 46.2 Å². The van der Waals surface area contributed by atoms with E-state index in [0.29, 0.717) is 11.6 Å². The first-order valence-corrected chi connectivity index (χ1v) is 5.86. The van der Waals surface area contributed by atoms with Crippen LogP contribution in [0.15, 0.2) is 42.5 Å². The third-order valence-electron chi connectivity index (χ3n) is 2.64. The van der Waals surface area contributed by atoms with Crippen LogP contribution >= 0.6 is 11.6 Å². The minimum Gasteiger partial charge on any atom is -0.508 e. The van der Waals surface area contributed by atoms with Gasteiger partial charge in [0, 0.05) is 10.6 Å². The van der Waals surface area contributed by atoms with Gasteiger partial charge in [-0.25, -0.2) is 0 Å². The van der Waals surface area contributed by atoms with Crippen molar-refractivity contribution in [1.82, 2.24) is 0 Å². The van der Waals surface area contributed by atoms with Gasteiger partial charge in [0.2, 0.25) is 0 Å². The molecule has 0 aliphatic carbocycles. The Hall–Kier alpha value is -1.51. The third-order valence-corrected chi connectivity index (χ3v) is 2.97. The highest BCUT2D eigenvalue weighted by Gasteiger charge is 2.04. The first kappa shape index (κ1) is 12.0. The molecule has 0 saturated heterocycles. The van der Waals surface area contributed by atoms with Crippen molar-refractivity contribution >= 4 is 11.6 Å². The number of rotatable bonds is 3. The number of phenolic OH excluding ortho intramolecular Hbond substituents is 1. The smallest absolute Gasteiger partial charge is 0.115 e. The van der Waals surface area contributed by atoms with Crippen molar-refractivity contribution in [2.75, 3.05) is 6.54 Å². The molecule has 88 valence electrons. The first-order chi connectivity index (χ1) is 8.20. The van der Waals surface area contributed by atoms with E-state index in [1.54, 1.807) is 12.1 Å². The highest BCUT2D eigenvalue weighted by atomic mass is 35.5. The summed E-state index contributed by atoms with van der Waals surface area (Å²) < 4.78 is 0. The van der Waals surface area contributed by atoms with Crippen LogP contribution in [0.5, 0.6) is 5.75 Å². The van der Waals surface area contributed by atoms with Crippen LogP contribution in [-0.2, 0) is 6.42 Å². The minimum absolute atomic E-state index is 0.253. The SMILES string of the molecule is NCCc1ccc(Cl)c(-c2ccc(O)cc2)c1. The lowest BCUT2D eigenvalue weighted by Gasteiger charge is -2.07. The molecule has 0 aliphatic rings. The number of aromatic hydroxyl groups is 1. The van der Waals surface area contributed by atoms with Gasteiger partial charge in [0.1, 0.15) is 5.75 Å². The molecule has 0 spiro atoms. The summed E-state index contributed by atoms with van der Waals surface area (Å²) in [6.45, 7) is 0.622. The fourth-order valence-corrected chi connectivity index (χ4v) is 1.98. The van der Waals surface area contributed by atoms with Crippen molar-refractivity contribution in [3.8, 4) is 16.9 Å². The van der Waals surface area contributed by atoms with Gasteiger partial charge < -0.3 is 10.8 Å². The Morgan fingerprint density at radius 2 is 1.76 bits per heavy atom. The lowest BCUT2D eigenvalue weighted by Crippen LogP contribution is -2.02. The zero-order chi connectivity index (χ0) is 12.3. The molecule has 0 fully saturated rings. The zero-order valence-electron chi connectivity index (χ0n) is 9.36. The van der Waals surface area contributed by atoms with Gasteiger partial charge >= 0.3 is 0 Å². The molecule has 3 heteroatoms. The molecule has 2 nitrogen and oxygen atoms in total. The molecular formula is C14H14ClNO. The molecule has 0 bridgehead atoms. The maximum atomic E-state index is 9.26. The van der Waals surface area contributed by atoms with Gasteiger partial charge in [-0.3, -0.25) is 0 Å². The van der Waals surface area contributed by atoms with Gasteiger partial charge in [0.25, 0.3) is 0 Å². The Kier molecular flexibility index (Phi) is 3.67. The van der Waals surface area contributed by atoms with E-state index in [0.717, 1.165) is 17.5 Å². The van der Waals surface area contributed by atoms with Crippen molar-refractivity contribution in [2.45, 2.75) is 6.42 Å². The molecule has 0 heterocycles. The summed E-state index contributed by atoms with van der Waals surface area (Å²) >= 11 is 6.18. The highest BCUT2D eigenvalue weighted by molar-refractivity contribution is 6.33. The number of hydrogen-bond acceptors (Lipinski definition) is 2. The van der Waals surface area contributed by atoms with Crippen molar-refractivity contribution in [2.24, 2.45) is 5.73 Å². The Labute approximate surface area is 106 Å². The van der Waals surface area contributed by atoms with E-state index in [1.165, 1.54) is 5.56 Å². The Balaban J connectivity index is 2.42. The highest BCUT2D eigenvalue weighted by Crippen LogP contribution is 2.30. The van der Waals surface area contributed by atoms with Crippen molar-refractivity contribution in [3.63, 3.8) is 0 Å². The first-order valence-electron chi connectivity index (χ1n) is 5.48. The molecule has 0 unspecified atom stereocenters. The van der Waals surface area contributed by atoms with E-state index in [1.807, 2.05) is 30.3 Å². The summed E-state index contributed by atoms with van der Waals surface area (Å²) in [6, 6.07) is 12.9. The quantitative estimate of drug-likeness (QED) is 0.875. The Bertz CT molecular complexity index is 508. The maximum Gasteiger partial charge on any atom is 0.115 e. The molecule has 0 amide bonds. The van der Waals surface area contributed by atoms with Gasteiger partial charge in [-0.1, -0.05) is 29.8 Å². The molecule has 0 saturated carbocycles. The molecule has 0 aliphatic heterocycles. The van der Waals surface area contributed by atoms with Crippen LogP contribution in [0.1, 0.15) is 5.56 Å². The van der Waals surface area contributed by atoms with Crippen LogP contribution in [0.4, 0.5) is 0 Å². The lowest BCUT2D eigenvalue weighted by molar-refractivity contribution is 0.475. The molecule has 2 aromatic carbocycles. The third kappa shape index (κ3) is 2.78. The van der Waals surface area contributed by atoms with Gasteiger partial charge in [-0.15, -0.1) is 0 Å². The minimum atomic E-state index is 0.253. The number of halogens is 1. The molecule has 3 N–H and O–H groups in total. The summed E-state index contributed by atoms with van der Waals surface area (Å²) in [5, 5.41) is 9.97. The van der Waals surface area contributed by atoms with Crippen LogP contribution < -0.4 is 5.73 Å². The van der Waals surface area contributed by atoms with Gasteiger partial charge in [-0.05, 0) is 48.4 Å². The fourth-order valence-electron chi connectivity index (χ4n) is 1.76.